The Hall–Kier alpha value is -3.12. The van der Waals surface area contributed by atoms with Gasteiger partial charge in [-0.2, -0.15) is 9.78 Å². The van der Waals surface area contributed by atoms with Crippen LogP contribution in [-0.2, 0) is 18.3 Å². The van der Waals surface area contributed by atoms with Gasteiger partial charge in [0, 0.05) is 36.9 Å². The molecule has 0 N–H and O–H groups in total. The number of hydrogen-bond acceptors (Lipinski definition) is 3. The monoisotopic (exact) mass is 393 g/mol. The highest BCUT2D eigenvalue weighted by molar-refractivity contribution is 6.31. The number of benzene rings is 2. The number of carbonyl (C=O) groups is 1. The lowest BCUT2D eigenvalue weighted by atomic mass is 10.1. The third-order valence-corrected chi connectivity index (χ3v) is 5.12. The Morgan fingerprint density at radius 1 is 1.14 bits per heavy atom. The molecule has 4 aromatic rings. The number of halogens is 1. The van der Waals surface area contributed by atoms with Crippen molar-refractivity contribution in [2.24, 2.45) is 7.05 Å². The molecule has 0 spiro atoms. The Morgan fingerprint density at radius 3 is 2.54 bits per heavy atom. The van der Waals surface area contributed by atoms with Crippen molar-refractivity contribution in [2.45, 2.75) is 6.42 Å². The van der Waals surface area contributed by atoms with E-state index in [1.165, 1.54) is 9.58 Å². The van der Waals surface area contributed by atoms with Crippen molar-refractivity contribution in [2.75, 3.05) is 14.1 Å². The SMILES string of the molecule is CN(C)C(=O)Cc1nn(-c2ccccc2)c(=O)c2c1c1ccc(Cl)cc1n2[11CH3]. The minimum atomic E-state index is -0.239. The van der Waals surface area contributed by atoms with Gasteiger partial charge in [0.15, 0.2) is 0 Å². The van der Waals surface area contributed by atoms with Crippen LogP contribution in [0.2, 0.25) is 5.02 Å². The molecule has 0 unspecified atom stereocenters. The molecule has 7 heteroatoms. The van der Waals surface area contributed by atoms with E-state index in [0.717, 1.165) is 10.9 Å². The van der Waals surface area contributed by atoms with Crippen LogP contribution in [0.5, 0.6) is 0 Å². The lowest BCUT2D eigenvalue weighted by molar-refractivity contribution is -0.128. The van der Waals surface area contributed by atoms with E-state index in [1.54, 1.807) is 20.2 Å². The highest BCUT2D eigenvalue weighted by Gasteiger charge is 2.21. The third-order valence-electron chi connectivity index (χ3n) is 4.89. The Labute approximate surface area is 166 Å². The molecular formula is C21H19ClN4O2. The van der Waals surface area contributed by atoms with Gasteiger partial charge < -0.3 is 9.47 Å². The number of aromatic nitrogens is 3. The summed E-state index contributed by atoms with van der Waals surface area (Å²) in [6.45, 7) is 0. The van der Waals surface area contributed by atoms with E-state index in [-0.39, 0.29) is 17.9 Å². The maximum Gasteiger partial charge on any atom is 0.296 e. The average Bonchev–Trinajstić information content (AvgIpc) is 2.97. The van der Waals surface area contributed by atoms with Gasteiger partial charge in [-0.15, -0.1) is 0 Å². The molecule has 0 saturated heterocycles. The van der Waals surface area contributed by atoms with E-state index >= 15 is 0 Å². The Balaban J connectivity index is 2.13. The Morgan fingerprint density at radius 2 is 1.86 bits per heavy atom. The Kier molecular flexibility index (Phi) is 4.43. The summed E-state index contributed by atoms with van der Waals surface area (Å²) in [5.41, 5.74) is 2.29. The van der Waals surface area contributed by atoms with Gasteiger partial charge in [0.05, 0.1) is 23.3 Å². The van der Waals surface area contributed by atoms with E-state index in [9.17, 15) is 9.59 Å². The molecule has 0 fully saturated rings. The fourth-order valence-corrected chi connectivity index (χ4v) is 3.60. The van der Waals surface area contributed by atoms with Gasteiger partial charge in [-0.05, 0) is 24.3 Å². The van der Waals surface area contributed by atoms with Crippen LogP contribution in [0.4, 0.5) is 0 Å². The van der Waals surface area contributed by atoms with Gasteiger partial charge in [0.25, 0.3) is 5.56 Å². The molecule has 0 aliphatic carbocycles. The number of rotatable bonds is 3. The molecule has 2 heterocycles. The summed E-state index contributed by atoms with van der Waals surface area (Å²) >= 11 is 6.18. The minimum absolute atomic E-state index is 0.0852. The second-order valence-corrected chi connectivity index (χ2v) is 7.34. The average molecular weight is 394 g/mol. The molecule has 142 valence electrons. The molecular weight excluding hydrogens is 375 g/mol. The van der Waals surface area contributed by atoms with Gasteiger partial charge in [-0.25, -0.2) is 0 Å². The van der Waals surface area contributed by atoms with Gasteiger partial charge in [-0.3, -0.25) is 9.59 Å². The predicted octanol–water partition coefficient (Wildman–Crippen LogP) is 3.16. The number of hydrogen-bond donors (Lipinski definition) is 0. The summed E-state index contributed by atoms with van der Waals surface area (Å²) < 4.78 is 3.19. The molecule has 6 nitrogen and oxygen atoms in total. The first-order chi connectivity index (χ1) is 13.4. The van der Waals surface area contributed by atoms with Crippen molar-refractivity contribution >= 4 is 39.3 Å². The molecule has 28 heavy (non-hydrogen) atoms. The van der Waals surface area contributed by atoms with E-state index in [4.69, 9.17) is 11.6 Å². The van der Waals surface area contributed by atoms with Crippen molar-refractivity contribution in [1.82, 2.24) is 19.2 Å². The number of likely N-dealkylation sites (N-methyl/N-ethyl adjacent to an activating group) is 1. The third kappa shape index (κ3) is 2.86. The lowest BCUT2D eigenvalue weighted by Crippen LogP contribution is -2.28. The summed E-state index contributed by atoms with van der Waals surface area (Å²) in [6, 6.07) is 14.7. The van der Waals surface area contributed by atoms with Gasteiger partial charge in [-0.1, -0.05) is 35.9 Å². The number of nitrogens with zero attached hydrogens (tertiary/aromatic N) is 4. The van der Waals surface area contributed by atoms with Crippen LogP contribution in [0.25, 0.3) is 27.5 Å². The highest BCUT2D eigenvalue weighted by atomic mass is 35.5. The van der Waals surface area contributed by atoms with Crippen LogP contribution < -0.4 is 5.56 Å². The van der Waals surface area contributed by atoms with Gasteiger partial charge in [0.1, 0.15) is 5.52 Å². The van der Waals surface area contributed by atoms with Crippen molar-refractivity contribution in [3.63, 3.8) is 0 Å². The summed E-state index contributed by atoms with van der Waals surface area (Å²) in [5.74, 6) is -0.0852. The van der Waals surface area contributed by atoms with E-state index in [0.29, 0.717) is 27.3 Å². The number of aryl methyl sites for hydroxylation is 1. The summed E-state index contributed by atoms with van der Waals surface area (Å²) in [6.07, 6.45) is 0.0956. The summed E-state index contributed by atoms with van der Waals surface area (Å²) in [5, 5.41) is 6.72. The van der Waals surface area contributed by atoms with Crippen molar-refractivity contribution < 1.29 is 4.79 Å². The predicted molar refractivity (Wildman–Crippen MR) is 111 cm³/mol. The molecule has 4 rings (SSSR count). The maximum absolute atomic E-state index is 13.3. The fraction of sp³-hybridized carbons (Fsp3) is 0.190. The highest BCUT2D eigenvalue weighted by Crippen LogP contribution is 2.30. The molecule has 0 atom stereocenters. The van der Waals surface area contributed by atoms with Crippen molar-refractivity contribution in [3.05, 3.63) is 69.6 Å². The van der Waals surface area contributed by atoms with Crippen molar-refractivity contribution in [1.29, 1.82) is 0 Å². The largest absolute Gasteiger partial charge is 0.348 e. The van der Waals surface area contributed by atoms with Gasteiger partial charge in [0.2, 0.25) is 5.91 Å². The van der Waals surface area contributed by atoms with Crippen LogP contribution in [0.15, 0.2) is 53.3 Å². The lowest BCUT2D eigenvalue weighted by Gasteiger charge is -2.13. The summed E-state index contributed by atoms with van der Waals surface area (Å²) in [7, 11) is 5.24. The number of carbonyl (C=O) groups excluding carboxylic acids is 1. The molecule has 1 amide bonds. The summed E-state index contributed by atoms with van der Waals surface area (Å²) in [4.78, 5) is 27.3. The quantitative estimate of drug-likeness (QED) is 0.537. The number of fused-ring (bicyclic) bond motifs is 3. The standard InChI is InChI=1S/C21H19ClN4O2/c1-24(2)18(27)12-16-19-15-10-9-13(22)11-17(15)25(3)20(19)21(28)26(23-16)14-7-5-4-6-8-14/h4-11H,12H2,1-3H3/i3-1. The Bertz CT molecular complexity index is 1270. The van der Waals surface area contributed by atoms with E-state index < -0.39 is 0 Å². The van der Waals surface area contributed by atoms with E-state index in [2.05, 4.69) is 5.10 Å². The van der Waals surface area contributed by atoms with Crippen LogP contribution >= 0.6 is 11.6 Å². The van der Waals surface area contributed by atoms with Crippen LogP contribution in [-0.4, -0.2) is 39.3 Å². The van der Waals surface area contributed by atoms with Crippen LogP contribution in [0, 0.1) is 0 Å². The smallest absolute Gasteiger partial charge is 0.296 e. The zero-order valence-electron chi connectivity index (χ0n) is 15.8. The molecule has 0 aliphatic rings. The first-order valence-electron chi connectivity index (χ1n) is 8.84. The molecule has 0 radical (unpaired) electrons. The first kappa shape index (κ1) is 18.3. The maximum atomic E-state index is 13.3. The molecule has 0 aliphatic heterocycles. The second kappa shape index (κ2) is 6.80. The normalized spacial score (nSPS) is 11.3. The molecule has 2 aromatic heterocycles. The topological polar surface area (TPSA) is 60.1 Å². The minimum Gasteiger partial charge on any atom is -0.348 e. The molecule has 0 saturated carbocycles. The zero-order valence-corrected chi connectivity index (χ0v) is 16.6. The van der Waals surface area contributed by atoms with Crippen LogP contribution in [0.3, 0.4) is 0 Å². The second-order valence-electron chi connectivity index (χ2n) is 6.91. The number of para-hydroxylation sites is 1. The first-order valence-corrected chi connectivity index (χ1v) is 9.21. The molecule has 2 aromatic carbocycles. The molecule has 0 bridgehead atoms. The van der Waals surface area contributed by atoms with Gasteiger partial charge >= 0.3 is 0 Å². The van der Waals surface area contributed by atoms with Crippen LogP contribution in [0.1, 0.15) is 5.69 Å². The zero-order chi connectivity index (χ0) is 20.0. The number of amides is 1. The van der Waals surface area contributed by atoms with E-state index in [1.807, 2.05) is 54.1 Å². The fourth-order valence-electron chi connectivity index (χ4n) is 3.44. The van der Waals surface area contributed by atoms with Crippen molar-refractivity contribution in [3.8, 4) is 5.69 Å².